The molecular formula is C10H16O3. The molecule has 1 saturated carbocycles. The fourth-order valence-corrected chi connectivity index (χ4v) is 1.96. The Morgan fingerprint density at radius 1 is 1.54 bits per heavy atom. The number of carbonyl (C=O) groups excluding carboxylic acids is 1. The topological polar surface area (TPSA) is 38.8 Å². The molecule has 1 heterocycles. The lowest BCUT2D eigenvalue weighted by Gasteiger charge is -2.18. The number of epoxide rings is 1. The van der Waals surface area contributed by atoms with E-state index in [4.69, 9.17) is 9.47 Å². The van der Waals surface area contributed by atoms with Crippen LogP contribution in [-0.2, 0) is 14.3 Å². The molecule has 0 amide bonds. The highest BCUT2D eigenvalue weighted by molar-refractivity contribution is 5.69. The van der Waals surface area contributed by atoms with E-state index < -0.39 is 0 Å². The van der Waals surface area contributed by atoms with Crippen molar-refractivity contribution in [2.24, 2.45) is 0 Å². The second-order valence-electron chi connectivity index (χ2n) is 3.85. The predicted molar refractivity (Wildman–Crippen MR) is 47.3 cm³/mol. The Morgan fingerprint density at radius 3 is 3.15 bits per heavy atom. The molecule has 2 aliphatic rings. The van der Waals surface area contributed by atoms with Crippen molar-refractivity contribution in [3.05, 3.63) is 0 Å². The maximum atomic E-state index is 11.2. The third-order valence-corrected chi connectivity index (χ3v) is 2.70. The van der Waals surface area contributed by atoms with E-state index >= 15 is 0 Å². The molecule has 0 radical (unpaired) electrons. The molecule has 1 aliphatic heterocycles. The van der Waals surface area contributed by atoms with Crippen LogP contribution in [0.2, 0.25) is 0 Å². The second kappa shape index (κ2) is 3.66. The smallest absolute Gasteiger partial charge is 0.306 e. The Hall–Kier alpha value is -0.570. The quantitative estimate of drug-likeness (QED) is 0.494. The van der Waals surface area contributed by atoms with Gasteiger partial charge in [0.1, 0.15) is 12.2 Å². The van der Waals surface area contributed by atoms with Gasteiger partial charge in [-0.25, -0.2) is 0 Å². The normalized spacial score (nSPS) is 36.5. The molecule has 3 nitrogen and oxygen atoms in total. The van der Waals surface area contributed by atoms with E-state index in [1.165, 1.54) is 0 Å². The summed E-state index contributed by atoms with van der Waals surface area (Å²) in [5.41, 5.74) is 0. The highest BCUT2D eigenvalue weighted by Crippen LogP contribution is 2.38. The highest BCUT2D eigenvalue weighted by atomic mass is 16.6. The van der Waals surface area contributed by atoms with Gasteiger partial charge in [0.15, 0.2) is 0 Å². The minimum atomic E-state index is -0.0661. The van der Waals surface area contributed by atoms with Crippen molar-refractivity contribution >= 4 is 5.97 Å². The van der Waals surface area contributed by atoms with Crippen LogP contribution >= 0.6 is 0 Å². The summed E-state index contributed by atoms with van der Waals surface area (Å²) < 4.78 is 10.7. The van der Waals surface area contributed by atoms with Crippen LogP contribution in [0.1, 0.15) is 39.0 Å². The van der Waals surface area contributed by atoms with Crippen LogP contribution in [0.15, 0.2) is 0 Å². The molecular weight excluding hydrogens is 168 g/mol. The average Bonchev–Trinajstić information content (AvgIpc) is 2.84. The summed E-state index contributed by atoms with van der Waals surface area (Å²) in [5.74, 6) is -0.0661. The Labute approximate surface area is 78.4 Å². The van der Waals surface area contributed by atoms with Crippen molar-refractivity contribution in [3.8, 4) is 0 Å². The van der Waals surface area contributed by atoms with Gasteiger partial charge in [-0.05, 0) is 25.7 Å². The van der Waals surface area contributed by atoms with E-state index in [9.17, 15) is 4.79 Å². The zero-order chi connectivity index (χ0) is 9.26. The summed E-state index contributed by atoms with van der Waals surface area (Å²) in [7, 11) is 0. The first-order valence-electron chi connectivity index (χ1n) is 5.16. The summed E-state index contributed by atoms with van der Waals surface area (Å²) >= 11 is 0. The summed E-state index contributed by atoms with van der Waals surface area (Å²) in [6.45, 7) is 1.98. The standard InChI is InChI=1S/C10H16O3/c1-2-4-9(11)12-7-5-3-6-8-10(7)13-8/h7-8,10H,2-6H2,1H3. The first-order valence-corrected chi connectivity index (χ1v) is 5.16. The van der Waals surface area contributed by atoms with Crippen LogP contribution in [0.25, 0.3) is 0 Å². The van der Waals surface area contributed by atoms with Gasteiger partial charge in [0, 0.05) is 6.42 Å². The number of esters is 1. The lowest BCUT2D eigenvalue weighted by atomic mass is 9.98. The van der Waals surface area contributed by atoms with Crippen molar-refractivity contribution in [1.29, 1.82) is 0 Å². The molecule has 0 spiro atoms. The Bertz CT molecular complexity index is 202. The maximum Gasteiger partial charge on any atom is 0.306 e. The predicted octanol–water partition coefficient (Wildman–Crippen LogP) is 1.65. The molecule has 3 heteroatoms. The minimum Gasteiger partial charge on any atom is -0.459 e. The molecule has 3 unspecified atom stereocenters. The largest absolute Gasteiger partial charge is 0.459 e. The molecule has 74 valence electrons. The summed E-state index contributed by atoms with van der Waals surface area (Å²) in [4.78, 5) is 11.2. The van der Waals surface area contributed by atoms with E-state index in [2.05, 4.69) is 0 Å². The fourth-order valence-electron chi connectivity index (χ4n) is 1.96. The lowest BCUT2D eigenvalue weighted by Crippen LogP contribution is -2.27. The van der Waals surface area contributed by atoms with Gasteiger partial charge >= 0.3 is 5.97 Å². The molecule has 1 saturated heterocycles. The number of fused-ring (bicyclic) bond motifs is 1. The summed E-state index contributed by atoms with van der Waals surface area (Å²) in [5, 5.41) is 0. The van der Waals surface area contributed by atoms with Crippen LogP contribution < -0.4 is 0 Å². The minimum absolute atomic E-state index is 0.0535. The van der Waals surface area contributed by atoms with Gasteiger partial charge in [0.2, 0.25) is 0 Å². The zero-order valence-electron chi connectivity index (χ0n) is 7.99. The number of carbonyl (C=O) groups is 1. The van der Waals surface area contributed by atoms with Crippen molar-refractivity contribution in [1.82, 2.24) is 0 Å². The highest BCUT2D eigenvalue weighted by Gasteiger charge is 2.49. The number of rotatable bonds is 3. The van der Waals surface area contributed by atoms with Gasteiger partial charge in [0.25, 0.3) is 0 Å². The van der Waals surface area contributed by atoms with Crippen LogP contribution in [-0.4, -0.2) is 24.3 Å². The Balaban J connectivity index is 1.77. The summed E-state index contributed by atoms with van der Waals surface area (Å²) in [6, 6.07) is 0. The van der Waals surface area contributed by atoms with Crippen LogP contribution in [0.5, 0.6) is 0 Å². The number of hydrogen-bond acceptors (Lipinski definition) is 3. The van der Waals surface area contributed by atoms with Crippen molar-refractivity contribution in [2.75, 3.05) is 0 Å². The van der Waals surface area contributed by atoms with Crippen LogP contribution in [0.4, 0.5) is 0 Å². The number of hydrogen-bond donors (Lipinski definition) is 0. The van der Waals surface area contributed by atoms with Gasteiger partial charge in [-0.3, -0.25) is 4.79 Å². The maximum absolute atomic E-state index is 11.2. The number of ether oxygens (including phenoxy) is 2. The SMILES string of the molecule is CCCC(=O)OC1CCCC2OC12. The Morgan fingerprint density at radius 2 is 2.38 bits per heavy atom. The fraction of sp³-hybridized carbons (Fsp3) is 0.900. The molecule has 0 bridgehead atoms. The molecule has 13 heavy (non-hydrogen) atoms. The first-order chi connectivity index (χ1) is 6.31. The van der Waals surface area contributed by atoms with Crippen molar-refractivity contribution in [2.45, 2.75) is 57.3 Å². The third-order valence-electron chi connectivity index (χ3n) is 2.70. The van der Waals surface area contributed by atoms with E-state index in [1.807, 2.05) is 6.92 Å². The molecule has 0 aromatic carbocycles. The summed E-state index contributed by atoms with van der Waals surface area (Å²) in [6.07, 6.45) is 5.34. The molecule has 0 aromatic heterocycles. The first kappa shape index (κ1) is 9.00. The zero-order valence-corrected chi connectivity index (χ0v) is 7.99. The van der Waals surface area contributed by atoms with Crippen molar-refractivity contribution < 1.29 is 14.3 Å². The monoisotopic (exact) mass is 184 g/mol. The van der Waals surface area contributed by atoms with E-state index in [1.54, 1.807) is 0 Å². The van der Waals surface area contributed by atoms with Crippen LogP contribution in [0, 0.1) is 0 Å². The van der Waals surface area contributed by atoms with E-state index in [-0.39, 0.29) is 18.2 Å². The third kappa shape index (κ3) is 2.02. The van der Waals surface area contributed by atoms with E-state index in [0.29, 0.717) is 12.5 Å². The molecule has 3 atom stereocenters. The Kier molecular flexibility index (Phi) is 2.54. The average molecular weight is 184 g/mol. The molecule has 2 rings (SSSR count). The van der Waals surface area contributed by atoms with E-state index in [0.717, 1.165) is 25.7 Å². The van der Waals surface area contributed by atoms with Gasteiger partial charge in [-0.1, -0.05) is 6.92 Å². The molecule has 0 N–H and O–H groups in total. The van der Waals surface area contributed by atoms with Gasteiger partial charge in [-0.2, -0.15) is 0 Å². The molecule has 1 aliphatic carbocycles. The molecule has 2 fully saturated rings. The second-order valence-corrected chi connectivity index (χ2v) is 3.85. The van der Waals surface area contributed by atoms with Crippen LogP contribution in [0.3, 0.4) is 0 Å². The van der Waals surface area contributed by atoms with Gasteiger partial charge in [-0.15, -0.1) is 0 Å². The lowest BCUT2D eigenvalue weighted by molar-refractivity contribution is -0.150. The molecule has 0 aromatic rings. The van der Waals surface area contributed by atoms with Gasteiger partial charge in [0.05, 0.1) is 6.10 Å². The van der Waals surface area contributed by atoms with Crippen molar-refractivity contribution in [3.63, 3.8) is 0 Å². The van der Waals surface area contributed by atoms with Gasteiger partial charge < -0.3 is 9.47 Å².